The molecule has 0 saturated heterocycles. The zero-order valence-electron chi connectivity index (χ0n) is 10.6. The number of hydrogen-bond acceptors (Lipinski definition) is 4. The van der Waals surface area contributed by atoms with Gasteiger partial charge in [0.05, 0.1) is 5.69 Å². The van der Waals surface area contributed by atoms with Crippen LogP contribution in [0, 0.1) is 5.41 Å². The van der Waals surface area contributed by atoms with Crippen LogP contribution >= 0.6 is 15.9 Å². The minimum absolute atomic E-state index is 0.141. The van der Waals surface area contributed by atoms with E-state index in [4.69, 9.17) is 9.47 Å². The summed E-state index contributed by atoms with van der Waals surface area (Å²) >= 11 is 3.50. The van der Waals surface area contributed by atoms with Crippen molar-refractivity contribution in [3.63, 3.8) is 0 Å². The Balaban J connectivity index is 2.13. The fraction of sp³-hybridized carbons (Fsp3) is 0.538. The number of aliphatic hydroxyl groups excluding tert-OH is 1. The molecule has 1 aromatic rings. The summed E-state index contributed by atoms with van der Waals surface area (Å²) in [6, 6.07) is 3.83. The molecule has 0 fully saturated rings. The number of aliphatic hydroxyl groups is 1. The first-order valence-electron chi connectivity index (χ1n) is 5.96. The number of anilines is 1. The van der Waals surface area contributed by atoms with Gasteiger partial charge in [-0.15, -0.1) is 0 Å². The minimum Gasteiger partial charge on any atom is -0.486 e. The maximum Gasteiger partial charge on any atom is 0.163 e. The summed E-state index contributed by atoms with van der Waals surface area (Å²) in [6.07, 6.45) is 0. The first-order valence-corrected chi connectivity index (χ1v) is 6.75. The SMILES string of the molecule is CC(C)(CO)CNc1cc2c(cc1Br)OCCO2. The Hall–Kier alpha value is -0.940. The van der Waals surface area contributed by atoms with Crippen molar-refractivity contribution < 1.29 is 14.6 Å². The van der Waals surface area contributed by atoms with E-state index in [1.807, 2.05) is 26.0 Å². The van der Waals surface area contributed by atoms with Crippen LogP contribution in [0.2, 0.25) is 0 Å². The average Bonchev–Trinajstić information content (AvgIpc) is 2.36. The molecule has 0 aliphatic carbocycles. The standard InChI is InChI=1S/C13H18BrNO3/c1-13(2,8-16)7-15-10-6-12-11(5-9(10)14)17-3-4-18-12/h5-6,15-16H,3-4,7-8H2,1-2H3. The van der Waals surface area contributed by atoms with E-state index in [9.17, 15) is 5.11 Å². The molecule has 0 saturated carbocycles. The van der Waals surface area contributed by atoms with Crippen molar-refractivity contribution in [3.8, 4) is 11.5 Å². The van der Waals surface area contributed by atoms with Crippen LogP contribution in [0.3, 0.4) is 0 Å². The van der Waals surface area contributed by atoms with Crippen LogP contribution in [0.4, 0.5) is 5.69 Å². The molecule has 0 radical (unpaired) electrons. The van der Waals surface area contributed by atoms with Gasteiger partial charge in [-0.05, 0) is 15.9 Å². The molecule has 0 unspecified atom stereocenters. The number of halogens is 1. The predicted molar refractivity (Wildman–Crippen MR) is 74.5 cm³/mol. The normalized spacial score (nSPS) is 14.4. The van der Waals surface area contributed by atoms with E-state index in [2.05, 4.69) is 21.2 Å². The van der Waals surface area contributed by atoms with Crippen LogP contribution < -0.4 is 14.8 Å². The second-order valence-corrected chi connectivity index (χ2v) is 6.01. The number of nitrogens with one attached hydrogen (secondary N) is 1. The molecule has 0 aromatic heterocycles. The van der Waals surface area contributed by atoms with E-state index < -0.39 is 0 Å². The lowest BCUT2D eigenvalue weighted by Crippen LogP contribution is -2.27. The minimum atomic E-state index is -0.160. The zero-order chi connectivity index (χ0) is 13.2. The van der Waals surface area contributed by atoms with Crippen molar-refractivity contribution >= 4 is 21.6 Å². The molecule has 1 aliphatic heterocycles. The highest BCUT2D eigenvalue weighted by molar-refractivity contribution is 9.10. The van der Waals surface area contributed by atoms with Gasteiger partial charge in [-0.25, -0.2) is 0 Å². The van der Waals surface area contributed by atoms with Gasteiger partial charge < -0.3 is 19.9 Å². The van der Waals surface area contributed by atoms with Crippen molar-refractivity contribution in [2.24, 2.45) is 5.41 Å². The third-order valence-corrected chi connectivity index (χ3v) is 3.47. The van der Waals surface area contributed by atoms with Gasteiger partial charge in [-0.3, -0.25) is 0 Å². The van der Waals surface area contributed by atoms with Crippen LogP contribution in [0.25, 0.3) is 0 Å². The summed E-state index contributed by atoms with van der Waals surface area (Å²) in [4.78, 5) is 0. The maximum absolute atomic E-state index is 9.24. The van der Waals surface area contributed by atoms with Crippen LogP contribution in [0.1, 0.15) is 13.8 Å². The Labute approximate surface area is 115 Å². The van der Waals surface area contributed by atoms with Crippen molar-refractivity contribution in [3.05, 3.63) is 16.6 Å². The van der Waals surface area contributed by atoms with Gasteiger partial charge in [0, 0.05) is 35.2 Å². The van der Waals surface area contributed by atoms with E-state index in [-0.39, 0.29) is 12.0 Å². The Kier molecular flexibility index (Phi) is 4.02. The van der Waals surface area contributed by atoms with Gasteiger partial charge in [0.25, 0.3) is 0 Å². The predicted octanol–water partition coefficient (Wildman–Crippen LogP) is 2.65. The summed E-state index contributed by atoms with van der Waals surface area (Å²) in [5.74, 6) is 1.52. The average molecular weight is 316 g/mol. The fourth-order valence-corrected chi connectivity index (χ4v) is 2.05. The smallest absolute Gasteiger partial charge is 0.163 e. The van der Waals surface area contributed by atoms with Crippen LogP contribution in [0.5, 0.6) is 11.5 Å². The highest BCUT2D eigenvalue weighted by atomic mass is 79.9. The number of hydrogen-bond donors (Lipinski definition) is 2. The van der Waals surface area contributed by atoms with Gasteiger partial charge in [-0.1, -0.05) is 13.8 Å². The van der Waals surface area contributed by atoms with Crippen molar-refractivity contribution in [2.45, 2.75) is 13.8 Å². The van der Waals surface area contributed by atoms with Crippen LogP contribution in [0.15, 0.2) is 16.6 Å². The van der Waals surface area contributed by atoms with Crippen LogP contribution in [-0.4, -0.2) is 31.5 Å². The van der Waals surface area contributed by atoms with Gasteiger partial charge in [0.1, 0.15) is 13.2 Å². The lowest BCUT2D eigenvalue weighted by Gasteiger charge is -2.24. The van der Waals surface area contributed by atoms with E-state index in [0.717, 1.165) is 21.7 Å². The van der Waals surface area contributed by atoms with Crippen molar-refractivity contribution in [1.29, 1.82) is 0 Å². The zero-order valence-corrected chi connectivity index (χ0v) is 12.2. The lowest BCUT2D eigenvalue weighted by molar-refractivity contribution is 0.169. The Morgan fingerprint density at radius 2 is 1.89 bits per heavy atom. The quantitative estimate of drug-likeness (QED) is 0.897. The summed E-state index contributed by atoms with van der Waals surface area (Å²) in [5, 5.41) is 12.5. The van der Waals surface area contributed by atoms with Crippen molar-refractivity contribution in [2.75, 3.05) is 31.7 Å². The van der Waals surface area contributed by atoms with E-state index >= 15 is 0 Å². The molecule has 4 nitrogen and oxygen atoms in total. The van der Waals surface area contributed by atoms with Gasteiger partial charge in [0.2, 0.25) is 0 Å². The largest absolute Gasteiger partial charge is 0.486 e. The fourth-order valence-electron chi connectivity index (χ4n) is 1.59. The topological polar surface area (TPSA) is 50.7 Å². The molecule has 1 heterocycles. The highest BCUT2D eigenvalue weighted by Gasteiger charge is 2.19. The second-order valence-electron chi connectivity index (χ2n) is 5.15. The van der Waals surface area contributed by atoms with E-state index in [0.29, 0.717) is 19.8 Å². The van der Waals surface area contributed by atoms with E-state index in [1.54, 1.807) is 0 Å². The Bertz CT molecular complexity index is 434. The monoisotopic (exact) mass is 315 g/mol. The Morgan fingerprint density at radius 1 is 1.28 bits per heavy atom. The first-order chi connectivity index (χ1) is 8.52. The highest BCUT2D eigenvalue weighted by Crippen LogP contribution is 2.38. The lowest BCUT2D eigenvalue weighted by atomic mass is 9.95. The van der Waals surface area contributed by atoms with Crippen molar-refractivity contribution in [1.82, 2.24) is 0 Å². The molecule has 1 aromatic carbocycles. The third-order valence-electron chi connectivity index (χ3n) is 2.82. The molecule has 1 aliphatic rings. The summed E-state index contributed by atoms with van der Waals surface area (Å²) in [7, 11) is 0. The molecule has 5 heteroatoms. The Morgan fingerprint density at radius 3 is 2.50 bits per heavy atom. The maximum atomic E-state index is 9.24. The second kappa shape index (κ2) is 5.36. The molecule has 100 valence electrons. The summed E-state index contributed by atoms with van der Waals surface area (Å²) < 4.78 is 12.0. The molecular weight excluding hydrogens is 298 g/mol. The molecule has 0 atom stereocenters. The molecule has 0 spiro atoms. The molecule has 18 heavy (non-hydrogen) atoms. The van der Waals surface area contributed by atoms with Gasteiger partial charge in [-0.2, -0.15) is 0 Å². The first kappa shape index (κ1) is 13.5. The van der Waals surface area contributed by atoms with Gasteiger partial charge in [0.15, 0.2) is 11.5 Å². The molecule has 2 N–H and O–H groups in total. The number of ether oxygens (including phenoxy) is 2. The number of rotatable bonds is 4. The molecule has 0 amide bonds. The number of fused-ring (bicyclic) bond motifs is 1. The molecular formula is C13H18BrNO3. The molecule has 2 rings (SSSR count). The summed E-state index contributed by atoms with van der Waals surface area (Å²) in [6.45, 7) is 6.00. The number of benzene rings is 1. The third kappa shape index (κ3) is 3.09. The van der Waals surface area contributed by atoms with E-state index in [1.165, 1.54) is 0 Å². The van der Waals surface area contributed by atoms with Crippen LogP contribution in [-0.2, 0) is 0 Å². The molecule has 0 bridgehead atoms. The van der Waals surface area contributed by atoms with Gasteiger partial charge >= 0.3 is 0 Å². The summed E-state index contributed by atoms with van der Waals surface area (Å²) in [5.41, 5.74) is 0.785.